The number of hydrogen-bond acceptors (Lipinski definition) is 4. The fourth-order valence-corrected chi connectivity index (χ4v) is 4.72. The van der Waals surface area contributed by atoms with E-state index in [1.165, 1.54) is 11.3 Å². The SMILES string of the molecule is N#CC1CC2CN(C(=O)c3cc4ccccc4s3)CCC2NC1=O. The Balaban J connectivity index is 1.52. The van der Waals surface area contributed by atoms with E-state index < -0.39 is 5.92 Å². The number of carbonyl (C=O) groups excluding carboxylic acids is 2. The summed E-state index contributed by atoms with van der Waals surface area (Å²) < 4.78 is 1.12. The maximum absolute atomic E-state index is 12.8. The van der Waals surface area contributed by atoms with Crippen LogP contribution in [0.4, 0.5) is 0 Å². The summed E-state index contributed by atoms with van der Waals surface area (Å²) in [6.45, 7) is 1.25. The minimum absolute atomic E-state index is 0.0556. The maximum Gasteiger partial charge on any atom is 0.263 e. The molecule has 3 heterocycles. The van der Waals surface area contributed by atoms with Crippen LogP contribution in [0.5, 0.6) is 0 Å². The number of nitrogens with one attached hydrogen (secondary N) is 1. The number of likely N-dealkylation sites (tertiary alicyclic amines) is 1. The van der Waals surface area contributed by atoms with E-state index in [4.69, 9.17) is 5.26 Å². The molecule has 2 saturated heterocycles. The Morgan fingerprint density at radius 2 is 2.21 bits per heavy atom. The van der Waals surface area contributed by atoms with Gasteiger partial charge in [0, 0.05) is 23.8 Å². The van der Waals surface area contributed by atoms with Crippen LogP contribution >= 0.6 is 11.3 Å². The van der Waals surface area contributed by atoms with Gasteiger partial charge in [0.25, 0.3) is 5.91 Å². The fourth-order valence-electron chi connectivity index (χ4n) is 3.69. The van der Waals surface area contributed by atoms with E-state index in [9.17, 15) is 9.59 Å². The van der Waals surface area contributed by atoms with E-state index in [1.807, 2.05) is 35.2 Å². The minimum atomic E-state index is -0.592. The number of benzene rings is 1. The Hall–Kier alpha value is -2.39. The molecular weight excluding hydrogens is 322 g/mol. The van der Waals surface area contributed by atoms with Crippen LogP contribution < -0.4 is 5.32 Å². The summed E-state index contributed by atoms with van der Waals surface area (Å²) in [4.78, 5) is 27.3. The van der Waals surface area contributed by atoms with Gasteiger partial charge < -0.3 is 10.2 Å². The molecule has 2 aliphatic rings. The van der Waals surface area contributed by atoms with E-state index in [0.717, 1.165) is 21.4 Å². The van der Waals surface area contributed by atoms with Crippen molar-refractivity contribution in [3.05, 3.63) is 35.2 Å². The molecule has 0 bridgehead atoms. The Bertz CT molecular complexity index is 820. The quantitative estimate of drug-likeness (QED) is 0.867. The summed E-state index contributed by atoms with van der Waals surface area (Å²) in [6, 6.07) is 12.1. The number of carbonyl (C=O) groups is 2. The molecule has 1 aromatic heterocycles. The lowest BCUT2D eigenvalue weighted by atomic mass is 9.80. The van der Waals surface area contributed by atoms with E-state index in [0.29, 0.717) is 19.5 Å². The van der Waals surface area contributed by atoms with Gasteiger partial charge in [-0.1, -0.05) is 18.2 Å². The lowest BCUT2D eigenvalue weighted by Crippen LogP contribution is -2.57. The highest BCUT2D eigenvalue weighted by Crippen LogP contribution is 2.31. The highest BCUT2D eigenvalue weighted by atomic mass is 32.1. The van der Waals surface area contributed by atoms with Crippen molar-refractivity contribution in [3.8, 4) is 6.07 Å². The van der Waals surface area contributed by atoms with Gasteiger partial charge in [0.05, 0.1) is 10.9 Å². The molecule has 3 atom stereocenters. The van der Waals surface area contributed by atoms with Crippen molar-refractivity contribution in [3.63, 3.8) is 0 Å². The van der Waals surface area contributed by atoms with Crippen LogP contribution in [0.15, 0.2) is 30.3 Å². The molecule has 0 radical (unpaired) electrons. The number of thiophene rings is 1. The van der Waals surface area contributed by atoms with Gasteiger partial charge in [-0.25, -0.2) is 0 Å². The summed E-state index contributed by atoms with van der Waals surface area (Å²) in [5, 5.41) is 13.1. The summed E-state index contributed by atoms with van der Waals surface area (Å²) >= 11 is 1.52. The first-order valence-corrected chi connectivity index (χ1v) is 8.95. The van der Waals surface area contributed by atoms with Crippen molar-refractivity contribution in [2.24, 2.45) is 11.8 Å². The van der Waals surface area contributed by atoms with E-state index in [-0.39, 0.29) is 23.8 Å². The van der Waals surface area contributed by atoms with Gasteiger partial charge in [0.1, 0.15) is 5.92 Å². The summed E-state index contributed by atoms with van der Waals surface area (Å²) in [5.41, 5.74) is 0. The Morgan fingerprint density at radius 3 is 3.00 bits per heavy atom. The molecule has 4 rings (SSSR count). The van der Waals surface area contributed by atoms with Crippen molar-refractivity contribution in [2.75, 3.05) is 13.1 Å². The third-order valence-electron chi connectivity index (χ3n) is 5.00. The van der Waals surface area contributed by atoms with Crippen LogP contribution in [0.1, 0.15) is 22.5 Å². The predicted octanol–water partition coefficient (Wildman–Crippen LogP) is 2.39. The van der Waals surface area contributed by atoms with E-state index in [1.54, 1.807) is 0 Å². The van der Waals surface area contributed by atoms with Crippen molar-refractivity contribution in [1.82, 2.24) is 10.2 Å². The van der Waals surface area contributed by atoms with Crippen molar-refractivity contribution >= 4 is 33.2 Å². The molecule has 24 heavy (non-hydrogen) atoms. The molecule has 2 aliphatic heterocycles. The number of hydrogen-bond donors (Lipinski definition) is 1. The molecule has 2 amide bonds. The zero-order chi connectivity index (χ0) is 16.7. The van der Waals surface area contributed by atoms with Gasteiger partial charge in [-0.2, -0.15) is 5.26 Å². The van der Waals surface area contributed by atoms with Crippen LogP contribution in [0.3, 0.4) is 0 Å². The first-order chi connectivity index (χ1) is 11.7. The normalized spacial score (nSPS) is 26.5. The summed E-state index contributed by atoms with van der Waals surface area (Å²) in [5.74, 6) is -0.534. The first-order valence-electron chi connectivity index (χ1n) is 8.13. The number of amides is 2. The molecule has 122 valence electrons. The van der Waals surface area contributed by atoms with Gasteiger partial charge in [-0.3, -0.25) is 9.59 Å². The lowest BCUT2D eigenvalue weighted by Gasteiger charge is -2.42. The molecular formula is C18H17N3O2S. The molecule has 6 heteroatoms. The number of rotatable bonds is 1. The molecule has 2 aromatic rings. The van der Waals surface area contributed by atoms with Crippen LogP contribution in [-0.4, -0.2) is 35.8 Å². The fraction of sp³-hybridized carbons (Fsp3) is 0.389. The topological polar surface area (TPSA) is 73.2 Å². The Morgan fingerprint density at radius 1 is 1.38 bits per heavy atom. The Kier molecular flexibility index (Phi) is 3.73. The molecule has 2 fully saturated rings. The molecule has 0 aliphatic carbocycles. The second kappa shape index (κ2) is 5.91. The molecule has 3 unspecified atom stereocenters. The number of fused-ring (bicyclic) bond motifs is 2. The van der Waals surface area contributed by atoms with Gasteiger partial charge in [0.15, 0.2) is 0 Å². The van der Waals surface area contributed by atoms with Crippen molar-refractivity contribution < 1.29 is 9.59 Å². The molecule has 0 spiro atoms. The Labute approximate surface area is 143 Å². The highest BCUT2D eigenvalue weighted by Gasteiger charge is 2.40. The number of nitriles is 1. The lowest BCUT2D eigenvalue weighted by molar-refractivity contribution is -0.128. The zero-order valence-electron chi connectivity index (χ0n) is 13.1. The van der Waals surface area contributed by atoms with Gasteiger partial charge >= 0.3 is 0 Å². The van der Waals surface area contributed by atoms with Gasteiger partial charge in [-0.15, -0.1) is 11.3 Å². The largest absolute Gasteiger partial charge is 0.352 e. The van der Waals surface area contributed by atoms with Gasteiger partial charge in [-0.05, 0) is 36.3 Å². The van der Waals surface area contributed by atoms with Crippen molar-refractivity contribution in [1.29, 1.82) is 5.26 Å². The smallest absolute Gasteiger partial charge is 0.263 e. The van der Waals surface area contributed by atoms with Crippen LogP contribution in [-0.2, 0) is 4.79 Å². The van der Waals surface area contributed by atoms with Crippen molar-refractivity contribution in [2.45, 2.75) is 18.9 Å². The molecule has 5 nitrogen and oxygen atoms in total. The van der Waals surface area contributed by atoms with E-state index in [2.05, 4.69) is 11.4 Å². The van der Waals surface area contributed by atoms with Gasteiger partial charge in [0.2, 0.25) is 5.91 Å². The van der Waals surface area contributed by atoms with Crippen LogP contribution in [0.2, 0.25) is 0 Å². The third-order valence-corrected chi connectivity index (χ3v) is 6.10. The average Bonchev–Trinajstić information content (AvgIpc) is 3.04. The maximum atomic E-state index is 12.8. The second-order valence-electron chi connectivity index (χ2n) is 6.48. The first kappa shape index (κ1) is 15.2. The predicted molar refractivity (Wildman–Crippen MR) is 91.5 cm³/mol. The van der Waals surface area contributed by atoms with E-state index >= 15 is 0 Å². The number of nitrogens with zero attached hydrogens (tertiary/aromatic N) is 2. The minimum Gasteiger partial charge on any atom is -0.352 e. The molecule has 1 aromatic carbocycles. The zero-order valence-corrected chi connectivity index (χ0v) is 13.9. The molecule has 1 N–H and O–H groups in total. The van der Waals surface area contributed by atoms with Crippen LogP contribution in [0, 0.1) is 23.2 Å². The third kappa shape index (κ3) is 2.55. The second-order valence-corrected chi connectivity index (χ2v) is 7.56. The average molecular weight is 339 g/mol. The van der Waals surface area contributed by atoms with Crippen LogP contribution in [0.25, 0.3) is 10.1 Å². The summed E-state index contributed by atoms with van der Waals surface area (Å²) in [6.07, 6.45) is 1.30. The monoisotopic (exact) mass is 339 g/mol. The standard InChI is InChI=1S/C18H17N3O2S/c19-9-12-7-13-10-21(6-5-14(13)20-17(12)22)18(23)16-8-11-3-1-2-4-15(11)24-16/h1-4,8,12-14H,5-7,10H2,(H,20,22). The number of piperidine rings is 2. The molecule has 0 saturated carbocycles. The summed E-state index contributed by atoms with van der Waals surface area (Å²) in [7, 11) is 0. The highest BCUT2D eigenvalue weighted by molar-refractivity contribution is 7.20.